The molecule has 33 heavy (non-hydrogen) atoms. The molecule has 3 fully saturated rings. The number of methoxy groups -OCH3 is 1. The Kier molecular flexibility index (Phi) is 6.42. The molecule has 0 aromatic rings. The fourth-order valence-corrected chi connectivity index (χ4v) is 9.79. The third-order valence-corrected chi connectivity index (χ3v) is 11.5. The van der Waals surface area contributed by atoms with Crippen LogP contribution in [0.25, 0.3) is 0 Å². The van der Waals surface area contributed by atoms with E-state index >= 15 is 0 Å². The van der Waals surface area contributed by atoms with Crippen molar-refractivity contribution < 1.29 is 14.6 Å². The topological polar surface area (TPSA) is 46.5 Å². The summed E-state index contributed by atoms with van der Waals surface area (Å²) >= 11 is 0. The van der Waals surface area contributed by atoms with Gasteiger partial charge in [0.25, 0.3) is 0 Å². The minimum atomic E-state index is -1.43. The Hall–Kier alpha value is -0.830. The van der Waals surface area contributed by atoms with Crippen LogP contribution in [0.4, 0.5) is 0 Å². The number of carbonyl (C=O) groups excluding carboxylic acids is 1. The second-order valence-corrected chi connectivity index (χ2v) is 13.8. The van der Waals surface area contributed by atoms with Crippen molar-refractivity contribution in [3.8, 4) is 0 Å². The van der Waals surface area contributed by atoms with E-state index in [0.29, 0.717) is 23.7 Å². The molecule has 4 rings (SSSR count). The molecule has 4 aliphatic rings. The summed E-state index contributed by atoms with van der Waals surface area (Å²) in [5.41, 5.74) is -0.362. The van der Waals surface area contributed by atoms with Gasteiger partial charge in [0.1, 0.15) is 0 Å². The number of allylic oxidation sites excluding steroid dienone is 1. The lowest BCUT2D eigenvalue weighted by Crippen LogP contribution is -2.49. The van der Waals surface area contributed by atoms with Crippen molar-refractivity contribution in [1.29, 1.82) is 0 Å². The van der Waals surface area contributed by atoms with E-state index in [4.69, 9.17) is 4.74 Å². The van der Waals surface area contributed by atoms with E-state index in [0.717, 1.165) is 30.1 Å². The number of fused-ring (bicyclic) bond motifs is 5. The molecular weight excluding hydrogens is 408 g/mol. The number of aliphatic hydroxyl groups is 1. The van der Waals surface area contributed by atoms with Crippen molar-refractivity contribution in [2.45, 2.75) is 112 Å². The first-order valence-corrected chi connectivity index (χ1v) is 13.8. The fourth-order valence-electron chi connectivity index (χ4n) is 9.79. The lowest BCUT2D eigenvalue weighted by Gasteiger charge is -2.56. The first kappa shape index (κ1) is 25.3. The van der Waals surface area contributed by atoms with Gasteiger partial charge in [0, 0.05) is 5.41 Å². The SMILES string of the molecule is COC(=O)[C@@]1(O)C[C@@]2(C)C(=CC[C@H]3[C@H]2CC[C@]2(C)[C@@H]([C@@H](C)CCCC(C)C)CC[C@@H]32)C1(C)C. The molecule has 188 valence electrons. The van der Waals surface area contributed by atoms with Crippen molar-refractivity contribution in [2.75, 3.05) is 7.11 Å². The number of hydrogen-bond acceptors (Lipinski definition) is 3. The van der Waals surface area contributed by atoms with Gasteiger partial charge in [-0.25, -0.2) is 4.79 Å². The lowest BCUT2D eigenvalue weighted by molar-refractivity contribution is -0.172. The zero-order valence-electron chi connectivity index (χ0n) is 22.7. The normalized spacial score (nSPS) is 44.6. The van der Waals surface area contributed by atoms with Crippen LogP contribution < -0.4 is 0 Å². The Labute approximate surface area is 203 Å². The van der Waals surface area contributed by atoms with Crippen LogP contribution in [-0.2, 0) is 9.53 Å². The van der Waals surface area contributed by atoms with E-state index in [-0.39, 0.29) is 5.41 Å². The van der Waals surface area contributed by atoms with Crippen molar-refractivity contribution in [3.63, 3.8) is 0 Å². The molecule has 0 aromatic carbocycles. The summed E-state index contributed by atoms with van der Waals surface area (Å²) < 4.78 is 5.12. The molecule has 1 N–H and O–H groups in total. The molecule has 0 spiro atoms. The molecule has 0 saturated heterocycles. The van der Waals surface area contributed by atoms with Crippen LogP contribution in [0.15, 0.2) is 11.6 Å². The molecule has 4 aliphatic carbocycles. The van der Waals surface area contributed by atoms with Crippen molar-refractivity contribution in [1.82, 2.24) is 0 Å². The highest BCUT2D eigenvalue weighted by atomic mass is 16.5. The van der Waals surface area contributed by atoms with Gasteiger partial charge in [0.15, 0.2) is 5.60 Å². The Bertz CT molecular complexity index is 796. The van der Waals surface area contributed by atoms with Crippen LogP contribution in [0.2, 0.25) is 0 Å². The van der Waals surface area contributed by atoms with Gasteiger partial charge in [0.05, 0.1) is 7.11 Å². The summed E-state index contributed by atoms with van der Waals surface area (Å²) in [6.07, 6.45) is 13.4. The molecule has 0 bridgehead atoms. The highest BCUT2D eigenvalue weighted by molar-refractivity contribution is 5.82. The van der Waals surface area contributed by atoms with Crippen molar-refractivity contribution >= 4 is 5.97 Å². The molecule has 0 amide bonds. The van der Waals surface area contributed by atoms with Gasteiger partial charge in [-0.2, -0.15) is 0 Å². The van der Waals surface area contributed by atoms with E-state index in [2.05, 4.69) is 54.5 Å². The molecule has 0 aliphatic heterocycles. The molecule has 3 heteroatoms. The predicted octanol–water partition coefficient (Wildman–Crippen LogP) is 7.18. The average molecular weight is 459 g/mol. The largest absolute Gasteiger partial charge is 0.467 e. The summed E-state index contributed by atoms with van der Waals surface area (Å²) in [5.74, 6) is 4.03. The smallest absolute Gasteiger partial charge is 0.338 e. The molecule has 3 nitrogen and oxygen atoms in total. The second-order valence-electron chi connectivity index (χ2n) is 13.8. The quantitative estimate of drug-likeness (QED) is 0.339. The number of carbonyl (C=O) groups is 1. The zero-order chi connectivity index (χ0) is 24.4. The number of hydrogen-bond donors (Lipinski definition) is 1. The molecular formula is C30H50O3. The van der Waals surface area contributed by atoms with E-state index in [1.165, 1.54) is 57.6 Å². The zero-order valence-corrected chi connectivity index (χ0v) is 22.7. The van der Waals surface area contributed by atoms with Gasteiger partial charge in [-0.05, 0) is 84.9 Å². The fraction of sp³-hybridized carbons (Fsp3) is 0.900. The standard InChI is InChI=1S/C30H50O3/c1-19(2)10-9-11-20(3)22-13-14-23-21-12-15-25-27(4,5)30(32,26(31)33-8)18-29(25,7)24(21)16-17-28(22,23)6/h15,19-24,32H,9-14,16-18H2,1-8H3/t20-,21+,22+,23-,24+,28+,29+,30-/m0/s1. The van der Waals surface area contributed by atoms with Crippen LogP contribution >= 0.6 is 0 Å². The number of rotatable bonds is 6. The molecule has 3 saturated carbocycles. The maximum Gasteiger partial charge on any atom is 0.338 e. The van der Waals surface area contributed by atoms with E-state index in [9.17, 15) is 9.90 Å². The summed E-state index contributed by atoms with van der Waals surface area (Å²) in [7, 11) is 1.41. The van der Waals surface area contributed by atoms with Crippen LogP contribution in [0.1, 0.15) is 106 Å². The van der Waals surface area contributed by atoms with E-state index in [1.54, 1.807) is 0 Å². The highest BCUT2D eigenvalue weighted by Gasteiger charge is 2.69. The van der Waals surface area contributed by atoms with Gasteiger partial charge in [-0.15, -0.1) is 0 Å². The predicted molar refractivity (Wildman–Crippen MR) is 135 cm³/mol. The van der Waals surface area contributed by atoms with Gasteiger partial charge < -0.3 is 9.84 Å². The number of ether oxygens (including phenoxy) is 1. The van der Waals surface area contributed by atoms with Crippen LogP contribution in [0.3, 0.4) is 0 Å². The Morgan fingerprint density at radius 3 is 2.42 bits per heavy atom. The van der Waals surface area contributed by atoms with Crippen LogP contribution in [-0.4, -0.2) is 23.8 Å². The first-order valence-electron chi connectivity index (χ1n) is 13.8. The van der Waals surface area contributed by atoms with Crippen molar-refractivity contribution in [2.24, 2.45) is 51.8 Å². The monoisotopic (exact) mass is 458 g/mol. The summed E-state index contributed by atoms with van der Waals surface area (Å²) in [6, 6.07) is 0. The summed E-state index contributed by atoms with van der Waals surface area (Å²) in [5, 5.41) is 11.6. The summed E-state index contributed by atoms with van der Waals surface area (Å²) in [4.78, 5) is 12.8. The highest BCUT2D eigenvalue weighted by Crippen LogP contribution is 2.71. The number of esters is 1. The van der Waals surface area contributed by atoms with Crippen molar-refractivity contribution in [3.05, 3.63) is 11.6 Å². The molecule has 0 unspecified atom stereocenters. The molecule has 0 heterocycles. The van der Waals surface area contributed by atoms with Gasteiger partial charge in [-0.3, -0.25) is 0 Å². The van der Waals surface area contributed by atoms with E-state index < -0.39 is 17.0 Å². The average Bonchev–Trinajstić information content (AvgIpc) is 3.17. The summed E-state index contributed by atoms with van der Waals surface area (Å²) in [6.45, 7) is 16.3. The van der Waals surface area contributed by atoms with E-state index in [1.807, 2.05) is 0 Å². The Balaban J connectivity index is 1.58. The Morgan fingerprint density at radius 1 is 1.09 bits per heavy atom. The second kappa shape index (κ2) is 8.38. The molecule has 8 atom stereocenters. The first-order chi connectivity index (χ1) is 15.3. The third-order valence-electron chi connectivity index (χ3n) is 11.5. The minimum absolute atomic E-state index is 0.113. The molecule has 0 radical (unpaired) electrons. The maximum absolute atomic E-state index is 12.8. The lowest BCUT2D eigenvalue weighted by atomic mass is 9.48. The minimum Gasteiger partial charge on any atom is -0.467 e. The Morgan fingerprint density at radius 2 is 1.79 bits per heavy atom. The molecule has 0 aromatic heterocycles. The maximum atomic E-state index is 12.8. The van der Waals surface area contributed by atoms with Crippen LogP contribution in [0.5, 0.6) is 0 Å². The van der Waals surface area contributed by atoms with Gasteiger partial charge in [0.2, 0.25) is 0 Å². The van der Waals surface area contributed by atoms with Gasteiger partial charge >= 0.3 is 5.97 Å². The van der Waals surface area contributed by atoms with Gasteiger partial charge in [-0.1, -0.05) is 79.4 Å². The van der Waals surface area contributed by atoms with Crippen LogP contribution in [0, 0.1) is 51.8 Å². The third kappa shape index (κ3) is 3.57.